The van der Waals surface area contributed by atoms with Crippen LogP contribution in [0.4, 0.5) is 0 Å². The zero-order chi connectivity index (χ0) is 12.1. The van der Waals surface area contributed by atoms with E-state index in [0.29, 0.717) is 11.3 Å². The summed E-state index contributed by atoms with van der Waals surface area (Å²) in [5.41, 5.74) is 1.99. The second-order valence-corrected chi connectivity index (χ2v) is 3.19. The van der Waals surface area contributed by atoms with Crippen LogP contribution in [0.2, 0.25) is 0 Å². The van der Waals surface area contributed by atoms with Gasteiger partial charge in [0, 0.05) is 11.6 Å². The Bertz CT molecular complexity index is 608. The van der Waals surface area contributed by atoms with Crippen molar-refractivity contribution >= 4 is 5.70 Å². The van der Waals surface area contributed by atoms with Gasteiger partial charge in [0.1, 0.15) is 12.7 Å². The summed E-state index contributed by atoms with van der Waals surface area (Å²) < 4.78 is 1.50. The molecule has 2 aromatic rings. The molecular formula is C12H7N5. The predicted molar refractivity (Wildman–Crippen MR) is 60.2 cm³/mol. The second-order valence-electron chi connectivity index (χ2n) is 3.19. The fraction of sp³-hybridized carbons (Fsp3) is 0. The van der Waals surface area contributed by atoms with Crippen LogP contribution in [0.3, 0.4) is 0 Å². The maximum absolute atomic E-state index is 8.76. The van der Waals surface area contributed by atoms with Crippen LogP contribution < -0.4 is 0 Å². The molecule has 0 saturated carbocycles. The van der Waals surface area contributed by atoms with Crippen molar-refractivity contribution < 1.29 is 0 Å². The van der Waals surface area contributed by atoms with Crippen molar-refractivity contribution in [3.8, 4) is 12.1 Å². The van der Waals surface area contributed by atoms with Crippen LogP contribution in [0, 0.1) is 22.7 Å². The quantitative estimate of drug-likeness (QED) is 0.721. The number of rotatable bonds is 2. The van der Waals surface area contributed by atoms with E-state index in [4.69, 9.17) is 10.5 Å². The van der Waals surface area contributed by atoms with Crippen LogP contribution in [0.5, 0.6) is 0 Å². The molecule has 0 saturated heterocycles. The summed E-state index contributed by atoms with van der Waals surface area (Å²) in [4.78, 5) is 3.83. The third-order valence-electron chi connectivity index (χ3n) is 2.18. The molecule has 0 unspecified atom stereocenters. The number of nitrogens with zero attached hydrogens (tertiary/aromatic N) is 5. The van der Waals surface area contributed by atoms with Gasteiger partial charge in [0.25, 0.3) is 0 Å². The summed E-state index contributed by atoms with van der Waals surface area (Å²) >= 11 is 0. The van der Waals surface area contributed by atoms with Gasteiger partial charge < -0.3 is 0 Å². The van der Waals surface area contributed by atoms with Crippen LogP contribution in [0.1, 0.15) is 11.1 Å². The largest absolute Gasteiger partial charge is 0.223 e. The number of allylic oxidation sites excluding steroid dienone is 1. The van der Waals surface area contributed by atoms with Gasteiger partial charge in [-0.2, -0.15) is 15.6 Å². The molecule has 5 nitrogen and oxygen atoms in total. The highest BCUT2D eigenvalue weighted by Gasteiger charge is 2.04. The highest BCUT2D eigenvalue weighted by molar-refractivity contribution is 5.67. The van der Waals surface area contributed by atoms with Crippen LogP contribution in [-0.2, 0) is 0 Å². The van der Waals surface area contributed by atoms with Crippen molar-refractivity contribution in [1.29, 1.82) is 10.5 Å². The van der Waals surface area contributed by atoms with Gasteiger partial charge in [0.2, 0.25) is 0 Å². The van der Waals surface area contributed by atoms with Crippen molar-refractivity contribution in [1.82, 2.24) is 14.8 Å². The van der Waals surface area contributed by atoms with Gasteiger partial charge in [-0.1, -0.05) is 12.1 Å². The van der Waals surface area contributed by atoms with Crippen LogP contribution in [-0.4, -0.2) is 14.8 Å². The Labute approximate surface area is 97.9 Å². The Hall–Kier alpha value is -2.92. The molecule has 0 atom stereocenters. The molecule has 0 spiro atoms. The molecule has 2 rings (SSSR count). The molecule has 0 amide bonds. The summed E-state index contributed by atoms with van der Waals surface area (Å²) in [6, 6.07) is 10.9. The molecule has 0 fully saturated rings. The summed E-state index contributed by atoms with van der Waals surface area (Å²) in [6.07, 6.45) is 4.30. The van der Waals surface area contributed by atoms with Crippen molar-refractivity contribution in [2.45, 2.75) is 0 Å². The van der Waals surface area contributed by atoms with E-state index in [1.165, 1.54) is 23.4 Å². The van der Waals surface area contributed by atoms with E-state index in [2.05, 4.69) is 10.1 Å². The molecule has 80 valence electrons. The summed E-state index contributed by atoms with van der Waals surface area (Å²) in [7, 11) is 0. The van der Waals surface area contributed by atoms with Crippen molar-refractivity contribution in [2.75, 3.05) is 0 Å². The van der Waals surface area contributed by atoms with Gasteiger partial charge in [-0.25, -0.2) is 9.67 Å². The maximum atomic E-state index is 8.76. The van der Waals surface area contributed by atoms with Gasteiger partial charge in [-0.3, -0.25) is 0 Å². The minimum absolute atomic E-state index is 0.573. The van der Waals surface area contributed by atoms with Gasteiger partial charge in [0.05, 0.1) is 23.4 Å². The number of hydrogen-bond acceptors (Lipinski definition) is 4. The number of aromatic nitrogens is 3. The minimum atomic E-state index is 0.573. The zero-order valence-electron chi connectivity index (χ0n) is 8.78. The third-order valence-corrected chi connectivity index (χ3v) is 2.18. The van der Waals surface area contributed by atoms with Crippen molar-refractivity contribution in [2.24, 2.45) is 0 Å². The smallest absolute Gasteiger partial charge is 0.138 e. The van der Waals surface area contributed by atoms with Gasteiger partial charge >= 0.3 is 0 Å². The van der Waals surface area contributed by atoms with Gasteiger partial charge in [-0.05, 0) is 12.1 Å². The highest BCUT2D eigenvalue weighted by Crippen LogP contribution is 2.15. The van der Waals surface area contributed by atoms with E-state index in [-0.39, 0.29) is 0 Å². The summed E-state index contributed by atoms with van der Waals surface area (Å²) in [5.74, 6) is 0. The van der Waals surface area contributed by atoms with Crippen LogP contribution >= 0.6 is 0 Å². The molecular weight excluding hydrogens is 214 g/mol. The lowest BCUT2D eigenvalue weighted by molar-refractivity contribution is 0.903. The molecule has 0 radical (unpaired) electrons. The Morgan fingerprint density at radius 2 is 2.00 bits per heavy atom. The molecule has 0 N–H and O–H groups in total. The average molecular weight is 221 g/mol. The first kappa shape index (κ1) is 10.6. The molecule has 0 aliphatic carbocycles. The molecule has 1 aromatic carbocycles. The normalized spacial score (nSPS) is 10.6. The predicted octanol–water partition coefficient (Wildman–Crippen LogP) is 1.56. The van der Waals surface area contributed by atoms with Crippen LogP contribution in [0.25, 0.3) is 5.70 Å². The summed E-state index contributed by atoms with van der Waals surface area (Å²) in [6.45, 7) is 0. The topological polar surface area (TPSA) is 78.3 Å². The SMILES string of the molecule is N#C/C=C(/c1ccc(C#N)cc1)n1cncn1. The van der Waals surface area contributed by atoms with Crippen LogP contribution in [0.15, 0.2) is 43.0 Å². The van der Waals surface area contributed by atoms with Gasteiger partial charge in [-0.15, -0.1) is 0 Å². The number of hydrogen-bond donors (Lipinski definition) is 0. The lowest BCUT2D eigenvalue weighted by Crippen LogP contribution is -1.99. The Morgan fingerprint density at radius 3 is 2.53 bits per heavy atom. The first-order chi connectivity index (χ1) is 8.35. The molecule has 5 heteroatoms. The number of nitriles is 2. The zero-order valence-corrected chi connectivity index (χ0v) is 8.78. The molecule has 17 heavy (non-hydrogen) atoms. The second kappa shape index (κ2) is 4.73. The van der Waals surface area contributed by atoms with E-state index in [9.17, 15) is 0 Å². The average Bonchev–Trinajstić information content (AvgIpc) is 2.90. The van der Waals surface area contributed by atoms with E-state index in [1.807, 2.05) is 12.1 Å². The monoisotopic (exact) mass is 221 g/mol. The maximum Gasteiger partial charge on any atom is 0.138 e. The Morgan fingerprint density at radius 1 is 1.24 bits per heavy atom. The standard InChI is InChI=1S/C12H7N5/c13-6-5-12(17-9-15-8-16-17)11-3-1-10(7-14)2-4-11/h1-5,8-9H/b12-5-. The van der Waals surface area contributed by atoms with E-state index < -0.39 is 0 Å². The lowest BCUT2D eigenvalue weighted by atomic mass is 10.1. The molecule has 1 aromatic heterocycles. The summed E-state index contributed by atoms with van der Waals surface area (Å²) in [5, 5.41) is 21.4. The van der Waals surface area contributed by atoms with Gasteiger partial charge in [0.15, 0.2) is 0 Å². The van der Waals surface area contributed by atoms with E-state index in [0.717, 1.165) is 5.56 Å². The fourth-order valence-electron chi connectivity index (χ4n) is 1.39. The van der Waals surface area contributed by atoms with Crippen molar-refractivity contribution in [3.05, 3.63) is 54.1 Å². The third kappa shape index (κ3) is 2.19. The molecule has 0 aliphatic rings. The van der Waals surface area contributed by atoms with E-state index in [1.54, 1.807) is 24.3 Å². The molecule has 1 heterocycles. The Kier molecular flexibility index (Phi) is 2.95. The minimum Gasteiger partial charge on any atom is -0.223 e. The van der Waals surface area contributed by atoms with E-state index >= 15 is 0 Å². The first-order valence-electron chi connectivity index (χ1n) is 4.80. The molecule has 0 bridgehead atoms. The van der Waals surface area contributed by atoms with Crippen molar-refractivity contribution in [3.63, 3.8) is 0 Å². The number of benzene rings is 1. The highest BCUT2D eigenvalue weighted by atomic mass is 15.3. The molecule has 0 aliphatic heterocycles. The Balaban J connectivity index is 2.45. The lowest BCUT2D eigenvalue weighted by Gasteiger charge is -2.05. The first-order valence-corrected chi connectivity index (χ1v) is 4.80. The fourth-order valence-corrected chi connectivity index (χ4v) is 1.39.